The molecule has 0 unspecified atom stereocenters. The zero-order valence-corrected chi connectivity index (χ0v) is 15.1. The number of rotatable bonds is 6. The molecule has 4 heteroatoms. The van der Waals surface area contributed by atoms with E-state index >= 15 is 0 Å². The van der Waals surface area contributed by atoms with E-state index in [1.165, 1.54) is 24.8 Å². The summed E-state index contributed by atoms with van der Waals surface area (Å²) in [6, 6.07) is 9.16. The van der Waals surface area contributed by atoms with Crippen molar-refractivity contribution < 1.29 is 4.79 Å². The number of nitrogens with zero attached hydrogens (tertiary/aromatic N) is 2. The molecule has 1 saturated carbocycles. The molecule has 1 heterocycles. The van der Waals surface area contributed by atoms with Crippen molar-refractivity contribution in [2.24, 2.45) is 11.7 Å². The standard InChI is InChI=1S/C20H31N3O/c1-3-22(18-10-11-18)14-16-6-8-17(9-7-16)20(24)23-12-4-5-15(2)19(23)13-21/h6-9,15,18-19H,3-5,10-14,21H2,1-2H3/t15-,19+/m1/s1. The van der Waals surface area contributed by atoms with Gasteiger partial charge in [-0.05, 0) is 55.8 Å². The summed E-state index contributed by atoms with van der Waals surface area (Å²) < 4.78 is 0. The molecule has 0 bridgehead atoms. The Hall–Kier alpha value is -1.39. The van der Waals surface area contributed by atoms with Crippen molar-refractivity contribution in [2.75, 3.05) is 19.6 Å². The molecule has 1 aromatic rings. The first kappa shape index (κ1) is 17.4. The second-order valence-corrected chi connectivity index (χ2v) is 7.41. The minimum absolute atomic E-state index is 0.137. The summed E-state index contributed by atoms with van der Waals surface area (Å²) in [6.07, 6.45) is 4.91. The molecule has 24 heavy (non-hydrogen) atoms. The van der Waals surface area contributed by atoms with Gasteiger partial charge < -0.3 is 10.6 Å². The summed E-state index contributed by atoms with van der Waals surface area (Å²) in [6.45, 7) is 7.89. The van der Waals surface area contributed by atoms with E-state index in [4.69, 9.17) is 5.73 Å². The van der Waals surface area contributed by atoms with Crippen LogP contribution < -0.4 is 5.73 Å². The number of nitrogens with two attached hydrogens (primary N) is 1. The number of hydrogen-bond acceptors (Lipinski definition) is 3. The van der Waals surface area contributed by atoms with Crippen molar-refractivity contribution in [2.45, 2.75) is 58.2 Å². The van der Waals surface area contributed by atoms with Crippen LogP contribution in [0.3, 0.4) is 0 Å². The van der Waals surface area contributed by atoms with Gasteiger partial charge in [0.2, 0.25) is 0 Å². The summed E-state index contributed by atoms with van der Waals surface area (Å²) in [5, 5.41) is 0. The van der Waals surface area contributed by atoms with Crippen LogP contribution in [0.5, 0.6) is 0 Å². The zero-order valence-electron chi connectivity index (χ0n) is 15.1. The first-order chi connectivity index (χ1) is 11.6. The Morgan fingerprint density at radius 1 is 1.25 bits per heavy atom. The van der Waals surface area contributed by atoms with Gasteiger partial charge in [0.1, 0.15) is 0 Å². The van der Waals surface area contributed by atoms with Gasteiger partial charge in [-0.15, -0.1) is 0 Å². The highest BCUT2D eigenvalue weighted by molar-refractivity contribution is 5.94. The van der Waals surface area contributed by atoms with Crippen LogP contribution in [0.15, 0.2) is 24.3 Å². The molecular weight excluding hydrogens is 298 g/mol. The summed E-state index contributed by atoms with van der Waals surface area (Å²) in [5.41, 5.74) is 8.02. The highest BCUT2D eigenvalue weighted by Gasteiger charge is 2.31. The van der Waals surface area contributed by atoms with E-state index in [1.807, 2.05) is 17.0 Å². The lowest BCUT2D eigenvalue weighted by Crippen LogP contribution is -2.51. The largest absolute Gasteiger partial charge is 0.334 e. The van der Waals surface area contributed by atoms with E-state index < -0.39 is 0 Å². The van der Waals surface area contributed by atoms with Gasteiger partial charge in [-0.25, -0.2) is 0 Å². The van der Waals surface area contributed by atoms with Crippen molar-refractivity contribution in [1.29, 1.82) is 0 Å². The number of amides is 1. The van der Waals surface area contributed by atoms with E-state index in [1.54, 1.807) is 0 Å². The fourth-order valence-electron chi connectivity index (χ4n) is 3.95. The number of hydrogen-bond donors (Lipinski definition) is 1. The van der Waals surface area contributed by atoms with Crippen LogP contribution in [0.25, 0.3) is 0 Å². The Balaban J connectivity index is 1.66. The molecule has 1 aliphatic carbocycles. The molecule has 132 valence electrons. The summed E-state index contributed by atoms with van der Waals surface area (Å²) >= 11 is 0. The van der Waals surface area contributed by atoms with E-state index in [0.29, 0.717) is 12.5 Å². The lowest BCUT2D eigenvalue weighted by Gasteiger charge is -2.39. The lowest BCUT2D eigenvalue weighted by molar-refractivity contribution is 0.0532. The average molecular weight is 329 g/mol. The van der Waals surface area contributed by atoms with Crippen LogP contribution in [-0.2, 0) is 6.54 Å². The number of benzene rings is 1. The second-order valence-electron chi connectivity index (χ2n) is 7.41. The molecule has 2 aliphatic rings. The van der Waals surface area contributed by atoms with Crippen molar-refractivity contribution >= 4 is 5.91 Å². The van der Waals surface area contributed by atoms with Crippen molar-refractivity contribution in [3.63, 3.8) is 0 Å². The Morgan fingerprint density at radius 2 is 1.96 bits per heavy atom. The molecule has 4 nitrogen and oxygen atoms in total. The predicted molar refractivity (Wildman–Crippen MR) is 97.8 cm³/mol. The van der Waals surface area contributed by atoms with Gasteiger partial charge in [0, 0.05) is 37.3 Å². The summed E-state index contributed by atoms with van der Waals surface area (Å²) in [7, 11) is 0. The Labute approximate surface area is 146 Å². The lowest BCUT2D eigenvalue weighted by atomic mass is 9.90. The smallest absolute Gasteiger partial charge is 0.254 e. The van der Waals surface area contributed by atoms with Gasteiger partial charge >= 0.3 is 0 Å². The van der Waals surface area contributed by atoms with Gasteiger partial charge in [0.25, 0.3) is 5.91 Å². The molecule has 1 amide bonds. The summed E-state index contributed by atoms with van der Waals surface area (Å²) in [4.78, 5) is 17.4. The minimum Gasteiger partial charge on any atom is -0.334 e. The number of piperidine rings is 1. The topological polar surface area (TPSA) is 49.6 Å². The highest BCUT2D eigenvalue weighted by atomic mass is 16.2. The summed E-state index contributed by atoms with van der Waals surface area (Å²) in [5.74, 6) is 0.627. The zero-order chi connectivity index (χ0) is 17.1. The maximum absolute atomic E-state index is 12.9. The van der Waals surface area contributed by atoms with Crippen LogP contribution >= 0.6 is 0 Å². The Kier molecular flexibility index (Phi) is 5.57. The SMILES string of the molecule is CCN(Cc1ccc(C(=O)N2CCC[C@@H](C)[C@@H]2CN)cc1)C1CC1. The monoisotopic (exact) mass is 329 g/mol. The Bertz CT molecular complexity index is 553. The number of carbonyl (C=O) groups is 1. The number of carbonyl (C=O) groups excluding carboxylic acids is 1. The van der Waals surface area contributed by atoms with Crippen molar-refractivity contribution in [3.8, 4) is 0 Å². The van der Waals surface area contributed by atoms with Crippen LogP contribution in [0.2, 0.25) is 0 Å². The van der Waals surface area contributed by atoms with Crippen LogP contribution in [0.4, 0.5) is 0 Å². The maximum atomic E-state index is 12.9. The average Bonchev–Trinajstić information content (AvgIpc) is 3.44. The quantitative estimate of drug-likeness (QED) is 0.873. The Morgan fingerprint density at radius 3 is 2.54 bits per heavy atom. The molecule has 3 rings (SSSR count). The minimum atomic E-state index is 0.137. The molecule has 1 saturated heterocycles. The molecule has 1 aliphatic heterocycles. The molecule has 1 aromatic carbocycles. The molecule has 2 atom stereocenters. The predicted octanol–water partition coefficient (Wildman–Crippen LogP) is 2.87. The normalized spacial score (nSPS) is 24.4. The molecule has 0 spiro atoms. The van der Waals surface area contributed by atoms with E-state index in [2.05, 4.69) is 30.9 Å². The number of likely N-dealkylation sites (tertiary alicyclic amines) is 1. The third-order valence-corrected chi connectivity index (χ3v) is 5.67. The third kappa shape index (κ3) is 3.81. The fraction of sp³-hybridized carbons (Fsp3) is 0.650. The van der Waals surface area contributed by atoms with Crippen LogP contribution in [0.1, 0.15) is 55.5 Å². The highest BCUT2D eigenvalue weighted by Crippen LogP contribution is 2.28. The first-order valence-corrected chi connectivity index (χ1v) is 9.48. The van der Waals surface area contributed by atoms with E-state index in [0.717, 1.165) is 37.7 Å². The molecule has 0 aromatic heterocycles. The second kappa shape index (κ2) is 7.66. The van der Waals surface area contributed by atoms with Crippen molar-refractivity contribution in [3.05, 3.63) is 35.4 Å². The van der Waals surface area contributed by atoms with E-state index in [-0.39, 0.29) is 11.9 Å². The van der Waals surface area contributed by atoms with Gasteiger partial charge in [0.15, 0.2) is 0 Å². The molecule has 2 fully saturated rings. The van der Waals surface area contributed by atoms with Crippen molar-refractivity contribution in [1.82, 2.24) is 9.80 Å². The molecule has 0 radical (unpaired) electrons. The molecular formula is C20H31N3O. The van der Waals surface area contributed by atoms with Crippen LogP contribution in [0, 0.1) is 5.92 Å². The van der Waals surface area contributed by atoms with E-state index in [9.17, 15) is 4.79 Å². The van der Waals surface area contributed by atoms with Gasteiger partial charge in [-0.3, -0.25) is 9.69 Å². The van der Waals surface area contributed by atoms with Gasteiger partial charge in [-0.2, -0.15) is 0 Å². The molecule has 2 N–H and O–H groups in total. The third-order valence-electron chi connectivity index (χ3n) is 5.67. The maximum Gasteiger partial charge on any atom is 0.254 e. The van der Waals surface area contributed by atoms with Crippen LogP contribution in [-0.4, -0.2) is 47.4 Å². The fourth-order valence-corrected chi connectivity index (χ4v) is 3.95. The van der Waals surface area contributed by atoms with Gasteiger partial charge in [-0.1, -0.05) is 26.0 Å². The van der Waals surface area contributed by atoms with Gasteiger partial charge in [0.05, 0.1) is 0 Å². The first-order valence-electron chi connectivity index (χ1n) is 9.48.